The molecule has 2 aromatic heterocycles. The predicted molar refractivity (Wildman–Crippen MR) is 67.8 cm³/mol. The highest BCUT2D eigenvalue weighted by atomic mass is 35.5. The average Bonchev–Trinajstić information content (AvgIpc) is 2.98. The van der Waals surface area contributed by atoms with Crippen LogP contribution in [0.5, 0.6) is 0 Å². The van der Waals surface area contributed by atoms with Crippen molar-refractivity contribution < 1.29 is 9.21 Å². The standard InChI is InChI=1S/C12H8ClN3O2/c13-7-3-4-8-9(6-7)15-16-11(8)14-12(17)10-2-1-5-18-10/h1-6H,(H2,14,15,16,17). The zero-order chi connectivity index (χ0) is 12.5. The van der Waals surface area contributed by atoms with Gasteiger partial charge in [0.15, 0.2) is 11.6 Å². The average molecular weight is 262 g/mol. The summed E-state index contributed by atoms with van der Waals surface area (Å²) in [5.74, 6) is 0.339. The summed E-state index contributed by atoms with van der Waals surface area (Å²) in [4.78, 5) is 11.8. The van der Waals surface area contributed by atoms with Crippen LogP contribution in [-0.4, -0.2) is 16.1 Å². The van der Waals surface area contributed by atoms with Crippen LogP contribution in [-0.2, 0) is 0 Å². The number of carbonyl (C=O) groups is 1. The third kappa shape index (κ3) is 1.84. The molecular formula is C12H8ClN3O2. The molecule has 2 N–H and O–H groups in total. The van der Waals surface area contributed by atoms with Crippen LogP contribution in [0.2, 0.25) is 5.02 Å². The van der Waals surface area contributed by atoms with Crippen LogP contribution in [0.25, 0.3) is 10.9 Å². The van der Waals surface area contributed by atoms with Gasteiger partial charge in [-0.15, -0.1) is 0 Å². The number of benzene rings is 1. The molecule has 6 heteroatoms. The highest BCUT2D eigenvalue weighted by Crippen LogP contribution is 2.23. The van der Waals surface area contributed by atoms with E-state index >= 15 is 0 Å². The van der Waals surface area contributed by atoms with Gasteiger partial charge in [-0.25, -0.2) is 0 Å². The molecule has 0 unspecified atom stereocenters. The van der Waals surface area contributed by atoms with Crippen molar-refractivity contribution in [1.29, 1.82) is 0 Å². The summed E-state index contributed by atoms with van der Waals surface area (Å²) in [6.45, 7) is 0. The summed E-state index contributed by atoms with van der Waals surface area (Å²) >= 11 is 5.86. The molecule has 0 fully saturated rings. The van der Waals surface area contributed by atoms with E-state index in [1.165, 1.54) is 6.26 Å². The van der Waals surface area contributed by atoms with Gasteiger partial charge in [0.05, 0.1) is 11.8 Å². The number of fused-ring (bicyclic) bond motifs is 1. The van der Waals surface area contributed by atoms with E-state index in [-0.39, 0.29) is 11.7 Å². The Morgan fingerprint density at radius 1 is 1.39 bits per heavy atom. The Labute approximate surface area is 107 Å². The van der Waals surface area contributed by atoms with Gasteiger partial charge in [-0.1, -0.05) is 11.6 Å². The first kappa shape index (κ1) is 10.9. The number of nitrogens with one attached hydrogen (secondary N) is 2. The molecule has 0 aliphatic rings. The van der Waals surface area contributed by atoms with Crippen LogP contribution in [0.3, 0.4) is 0 Å². The zero-order valence-corrected chi connectivity index (χ0v) is 9.86. The molecule has 0 saturated heterocycles. The number of amides is 1. The van der Waals surface area contributed by atoms with Crippen LogP contribution in [0.15, 0.2) is 41.0 Å². The van der Waals surface area contributed by atoms with Gasteiger partial charge in [0, 0.05) is 10.4 Å². The third-order valence-electron chi connectivity index (χ3n) is 2.50. The summed E-state index contributed by atoms with van der Waals surface area (Å²) in [6, 6.07) is 8.51. The van der Waals surface area contributed by atoms with Crippen molar-refractivity contribution in [2.45, 2.75) is 0 Å². The number of hydrogen-bond acceptors (Lipinski definition) is 3. The molecular weight excluding hydrogens is 254 g/mol. The zero-order valence-electron chi connectivity index (χ0n) is 9.11. The second kappa shape index (κ2) is 4.19. The van der Waals surface area contributed by atoms with Crippen molar-refractivity contribution >= 4 is 34.2 Å². The van der Waals surface area contributed by atoms with Gasteiger partial charge in [-0.05, 0) is 30.3 Å². The van der Waals surface area contributed by atoms with Crippen LogP contribution in [0.1, 0.15) is 10.6 Å². The maximum absolute atomic E-state index is 11.8. The van der Waals surface area contributed by atoms with E-state index in [4.69, 9.17) is 16.0 Å². The first-order chi connectivity index (χ1) is 8.74. The van der Waals surface area contributed by atoms with Gasteiger partial charge in [0.2, 0.25) is 0 Å². The second-order valence-electron chi connectivity index (χ2n) is 3.69. The van der Waals surface area contributed by atoms with Crippen molar-refractivity contribution in [2.75, 3.05) is 5.32 Å². The molecule has 18 heavy (non-hydrogen) atoms. The Balaban J connectivity index is 1.94. The Bertz CT molecular complexity index is 703. The lowest BCUT2D eigenvalue weighted by Gasteiger charge is -1.99. The number of H-pyrrole nitrogens is 1. The topological polar surface area (TPSA) is 70.9 Å². The highest BCUT2D eigenvalue weighted by Gasteiger charge is 2.12. The van der Waals surface area contributed by atoms with Crippen LogP contribution in [0.4, 0.5) is 5.82 Å². The minimum absolute atomic E-state index is 0.236. The van der Waals surface area contributed by atoms with Gasteiger partial charge in [-0.3, -0.25) is 9.89 Å². The third-order valence-corrected chi connectivity index (χ3v) is 2.74. The number of furan rings is 1. The van der Waals surface area contributed by atoms with Gasteiger partial charge >= 0.3 is 0 Å². The SMILES string of the molecule is O=C(Nc1n[nH]c2cc(Cl)ccc12)c1ccco1. The highest BCUT2D eigenvalue weighted by molar-refractivity contribution is 6.31. The lowest BCUT2D eigenvalue weighted by atomic mass is 10.2. The fourth-order valence-electron chi connectivity index (χ4n) is 1.66. The number of aromatic amines is 1. The van der Waals surface area contributed by atoms with Crippen LogP contribution in [0, 0.1) is 0 Å². The fraction of sp³-hybridized carbons (Fsp3) is 0. The molecule has 0 radical (unpaired) electrons. The van der Waals surface area contributed by atoms with E-state index in [0.717, 1.165) is 10.9 Å². The molecule has 0 atom stereocenters. The first-order valence-corrected chi connectivity index (χ1v) is 5.60. The molecule has 0 aliphatic heterocycles. The van der Waals surface area contributed by atoms with Crippen molar-refractivity contribution in [3.05, 3.63) is 47.4 Å². The molecule has 0 spiro atoms. The van der Waals surface area contributed by atoms with Crippen molar-refractivity contribution in [1.82, 2.24) is 10.2 Å². The van der Waals surface area contributed by atoms with Crippen molar-refractivity contribution in [3.63, 3.8) is 0 Å². The second-order valence-corrected chi connectivity index (χ2v) is 4.13. The molecule has 1 amide bonds. The Morgan fingerprint density at radius 2 is 2.28 bits per heavy atom. The van der Waals surface area contributed by atoms with Crippen LogP contribution >= 0.6 is 11.6 Å². The molecule has 0 saturated carbocycles. The minimum atomic E-state index is -0.344. The lowest BCUT2D eigenvalue weighted by molar-refractivity contribution is 0.0996. The Hall–Kier alpha value is -2.27. The van der Waals surface area contributed by atoms with E-state index in [0.29, 0.717) is 10.8 Å². The van der Waals surface area contributed by atoms with Crippen molar-refractivity contribution in [2.24, 2.45) is 0 Å². The van der Waals surface area contributed by atoms with E-state index in [1.807, 2.05) is 0 Å². The normalized spacial score (nSPS) is 10.7. The molecule has 1 aromatic carbocycles. The number of nitrogens with zero attached hydrogens (tertiary/aromatic N) is 1. The fourth-order valence-corrected chi connectivity index (χ4v) is 1.84. The molecule has 5 nitrogen and oxygen atoms in total. The quantitative estimate of drug-likeness (QED) is 0.745. The maximum Gasteiger partial charge on any atom is 0.292 e. The monoisotopic (exact) mass is 261 g/mol. The summed E-state index contributed by atoms with van der Waals surface area (Å²) in [7, 11) is 0. The maximum atomic E-state index is 11.8. The van der Waals surface area contributed by atoms with E-state index < -0.39 is 0 Å². The van der Waals surface area contributed by atoms with E-state index in [1.54, 1.807) is 30.3 Å². The summed E-state index contributed by atoms with van der Waals surface area (Å²) in [5, 5.41) is 10.9. The Morgan fingerprint density at radius 3 is 3.06 bits per heavy atom. The summed E-state index contributed by atoms with van der Waals surface area (Å²) in [6.07, 6.45) is 1.44. The number of halogens is 1. The predicted octanol–water partition coefficient (Wildman–Crippen LogP) is 3.06. The number of hydrogen-bond donors (Lipinski definition) is 2. The van der Waals surface area contributed by atoms with E-state index in [2.05, 4.69) is 15.5 Å². The van der Waals surface area contributed by atoms with Gasteiger partial charge in [0.1, 0.15) is 0 Å². The van der Waals surface area contributed by atoms with Gasteiger partial charge in [0.25, 0.3) is 5.91 Å². The lowest BCUT2D eigenvalue weighted by Crippen LogP contribution is -2.11. The van der Waals surface area contributed by atoms with E-state index in [9.17, 15) is 4.79 Å². The Kier molecular flexibility index (Phi) is 2.53. The largest absolute Gasteiger partial charge is 0.459 e. The smallest absolute Gasteiger partial charge is 0.292 e. The molecule has 90 valence electrons. The number of aromatic nitrogens is 2. The van der Waals surface area contributed by atoms with Crippen LogP contribution < -0.4 is 5.32 Å². The number of carbonyl (C=O) groups excluding carboxylic acids is 1. The number of anilines is 1. The summed E-state index contributed by atoms with van der Waals surface area (Å²) in [5.41, 5.74) is 0.761. The molecule has 0 bridgehead atoms. The summed E-state index contributed by atoms with van der Waals surface area (Å²) < 4.78 is 5.00. The molecule has 3 aromatic rings. The van der Waals surface area contributed by atoms with Gasteiger partial charge < -0.3 is 9.73 Å². The van der Waals surface area contributed by atoms with Gasteiger partial charge in [-0.2, -0.15) is 5.10 Å². The number of rotatable bonds is 2. The first-order valence-electron chi connectivity index (χ1n) is 5.22. The molecule has 2 heterocycles. The molecule has 0 aliphatic carbocycles. The molecule has 3 rings (SSSR count). The minimum Gasteiger partial charge on any atom is -0.459 e. The van der Waals surface area contributed by atoms with Crippen molar-refractivity contribution in [3.8, 4) is 0 Å².